The van der Waals surface area contributed by atoms with Crippen LogP contribution >= 0.6 is 11.3 Å². The van der Waals surface area contributed by atoms with Gasteiger partial charge in [0, 0.05) is 30.1 Å². The largest absolute Gasteiger partial charge is 0.345 e. The Labute approximate surface area is 149 Å². The van der Waals surface area contributed by atoms with Gasteiger partial charge in [0.1, 0.15) is 5.69 Å². The molecule has 1 amide bonds. The number of likely N-dealkylation sites (tertiary alicyclic amines) is 1. The number of hydrogen-bond acceptors (Lipinski definition) is 5. The van der Waals surface area contributed by atoms with Crippen molar-refractivity contribution in [1.82, 2.24) is 29.9 Å². The third-order valence-electron chi connectivity index (χ3n) is 4.40. The highest BCUT2D eigenvalue weighted by molar-refractivity contribution is 7.08. The molecule has 0 aromatic carbocycles. The summed E-state index contributed by atoms with van der Waals surface area (Å²) in [5.41, 5.74) is 2.84. The van der Waals surface area contributed by atoms with Gasteiger partial charge < -0.3 is 9.88 Å². The van der Waals surface area contributed by atoms with Crippen LogP contribution in [0.2, 0.25) is 0 Å². The highest BCUT2D eigenvalue weighted by atomic mass is 32.1. The van der Waals surface area contributed by atoms with Gasteiger partial charge in [0.2, 0.25) is 5.91 Å². The molecule has 1 N–H and O–H groups in total. The van der Waals surface area contributed by atoms with Crippen molar-refractivity contribution in [3.8, 4) is 11.3 Å². The molecule has 0 saturated carbocycles. The Balaban J connectivity index is 1.34. The van der Waals surface area contributed by atoms with E-state index < -0.39 is 0 Å². The average molecular weight is 354 g/mol. The molecule has 1 fully saturated rings. The number of carbonyl (C=O) groups is 1. The summed E-state index contributed by atoms with van der Waals surface area (Å²) < 4.78 is 1.94. The zero-order chi connectivity index (χ0) is 17.1. The molecule has 4 heterocycles. The molecule has 0 atom stereocenters. The van der Waals surface area contributed by atoms with Crippen molar-refractivity contribution in [2.75, 3.05) is 13.1 Å². The number of carbonyl (C=O) groups excluding carboxylic acids is 1. The van der Waals surface area contributed by atoms with Gasteiger partial charge in [-0.15, -0.1) is 5.10 Å². The fourth-order valence-corrected chi connectivity index (χ4v) is 3.62. The molecule has 128 valence electrons. The Morgan fingerprint density at radius 2 is 2.24 bits per heavy atom. The van der Waals surface area contributed by atoms with E-state index >= 15 is 0 Å². The van der Waals surface area contributed by atoms with Gasteiger partial charge in [-0.1, -0.05) is 5.21 Å². The predicted molar refractivity (Wildman–Crippen MR) is 95.8 cm³/mol. The van der Waals surface area contributed by atoms with Crippen molar-refractivity contribution in [2.45, 2.75) is 18.9 Å². The highest BCUT2D eigenvalue weighted by Crippen LogP contribution is 2.25. The molecule has 7 nitrogen and oxygen atoms in total. The fraction of sp³-hybridized carbons (Fsp3) is 0.294. The molecular weight excluding hydrogens is 336 g/mol. The number of imidazole rings is 1. The second kappa shape index (κ2) is 7.02. The first kappa shape index (κ1) is 15.8. The van der Waals surface area contributed by atoms with E-state index in [2.05, 4.69) is 25.7 Å². The maximum atomic E-state index is 12.3. The summed E-state index contributed by atoms with van der Waals surface area (Å²) in [4.78, 5) is 21.0. The molecule has 3 aromatic heterocycles. The SMILES string of the molecule is O=C(C=Cc1cnc[nH]1)N1CCC(n2cc(-c3ccsc3)nn2)CC1. The van der Waals surface area contributed by atoms with E-state index in [4.69, 9.17) is 0 Å². The minimum atomic E-state index is 0.0330. The molecule has 1 saturated heterocycles. The minimum absolute atomic E-state index is 0.0330. The van der Waals surface area contributed by atoms with Gasteiger partial charge >= 0.3 is 0 Å². The van der Waals surface area contributed by atoms with E-state index in [-0.39, 0.29) is 5.91 Å². The van der Waals surface area contributed by atoms with Gasteiger partial charge in [-0.25, -0.2) is 9.67 Å². The van der Waals surface area contributed by atoms with Gasteiger partial charge in [-0.3, -0.25) is 4.79 Å². The van der Waals surface area contributed by atoms with E-state index in [0.29, 0.717) is 6.04 Å². The van der Waals surface area contributed by atoms with Gasteiger partial charge in [0.15, 0.2) is 0 Å². The maximum absolute atomic E-state index is 12.3. The molecule has 0 radical (unpaired) electrons. The Kier molecular flexibility index (Phi) is 4.43. The van der Waals surface area contributed by atoms with Crippen molar-refractivity contribution in [3.05, 3.63) is 47.3 Å². The van der Waals surface area contributed by atoms with Crippen LogP contribution in [0.3, 0.4) is 0 Å². The third-order valence-corrected chi connectivity index (χ3v) is 5.09. The van der Waals surface area contributed by atoms with Crippen molar-refractivity contribution in [2.24, 2.45) is 0 Å². The van der Waals surface area contributed by atoms with E-state index in [0.717, 1.165) is 42.9 Å². The number of amides is 1. The first-order chi connectivity index (χ1) is 12.3. The Morgan fingerprint density at radius 3 is 2.96 bits per heavy atom. The standard InChI is InChI=1S/C17H18N6OS/c24-17(2-1-14-9-18-12-19-14)22-6-3-15(4-7-22)23-10-16(20-21-23)13-5-8-25-11-13/h1-2,5,8-12,15H,3-4,6-7H2,(H,18,19). The molecule has 4 rings (SSSR count). The Morgan fingerprint density at radius 1 is 1.36 bits per heavy atom. The number of rotatable bonds is 4. The van der Waals surface area contributed by atoms with Gasteiger partial charge in [0.25, 0.3) is 0 Å². The molecule has 0 unspecified atom stereocenters. The molecule has 0 spiro atoms. The third kappa shape index (κ3) is 3.53. The number of piperidine rings is 1. The van der Waals surface area contributed by atoms with Crippen LogP contribution in [0.5, 0.6) is 0 Å². The summed E-state index contributed by atoms with van der Waals surface area (Å²) in [5.74, 6) is 0.0330. The van der Waals surface area contributed by atoms with Crippen LogP contribution in [-0.2, 0) is 4.79 Å². The lowest BCUT2D eigenvalue weighted by Crippen LogP contribution is -2.38. The summed E-state index contributed by atoms with van der Waals surface area (Å²) >= 11 is 1.65. The minimum Gasteiger partial charge on any atom is -0.345 e. The van der Waals surface area contributed by atoms with Gasteiger partial charge in [0.05, 0.1) is 30.5 Å². The second-order valence-electron chi connectivity index (χ2n) is 5.99. The highest BCUT2D eigenvalue weighted by Gasteiger charge is 2.23. The second-order valence-corrected chi connectivity index (χ2v) is 6.77. The average Bonchev–Trinajstić information content (AvgIpc) is 3.42. The molecule has 1 aliphatic rings. The van der Waals surface area contributed by atoms with E-state index in [1.807, 2.05) is 27.2 Å². The van der Waals surface area contributed by atoms with Crippen LogP contribution in [0.4, 0.5) is 0 Å². The fourth-order valence-electron chi connectivity index (χ4n) is 2.97. The number of thiophene rings is 1. The Hall–Kier alpha value is -2.74. The Bertz CT molecular complexity index is 844. The number of nitrogens with one attached hydrogen (secondary N) is 1. The van der Waals surface area contributed by atoms with Crippen LogP contribution in [-0.4, -0.2) is 48.9 Å². The monoisotopic (exact) mass is 354 g/mol. The van der Waals surface area contributed by atoms with Crippen molar-refractivity contribution in [3.63, 3.8) is 0 Å². The molecule has 3 aromatic rings. The lowest BCUT2D eigenvalue weighted by atomic mass is 10.1. The van der Waals surface area contributed by atoms with Crippen LogP contribution < -0.4 is 0 Å². The number of hydrogen-bond donors (Lipinski definition) is 1. The normalized spacial score (nSPS) is 15.9. The summed E-state index contributed by atoms with van der Waals surface area (Å²) in [6.07, 6.45) is 10.4. The summed E-state index contributed by atoms with van der Waals surface area (Å²) in [5, 5.41) is 12.7. The van der Waals surface area contributed by atoms with E-state index in [9.17, 15) is 4.79 Å². The van der Waals surface area contributed by atoms with Crippen LogP contribution in [0, 0.1) is 0 Å². The zero-order valence-electron chi connectivity index (χ0n) is 13.6. The predicted octanol–water partition coefficient (Wildman–Crippen LogP) is 2.61. The van der Waals surface area contributed by atoms with E-state index in [1.165, 1.54) is 0 Å². The molecule has 0 bridgehead atoms. The zero-order valence-corrected chi connectivity index (χ0v) is 14.4. The quantitative estimate of drug-likeness (QED) is 0.731. The summed E-state index contributed by atoms with van der Waals surface area (Å²) in [6, 6.07) is 2.34. The van der Waals surface area contributed by atoms with Crippen LogP contribution in [0.15, 0.2) is 41.6 Å². The first-order valence-corrected chi connectivity index (χ1v) is 9.13. The topological polar surface area (TPSA) is 79.7 Å². The maximum Gasteiger partial charge on any atom is 0.246 e. The number of aromatic nitrogens is 5. The van der Waals surface area contributed by atoms with Crippen molar-refractivity contribution in [1.29, 1.82) is 0 Å². The molecule has 8 heteroatoms. The number of H-pyrrole nitrogens is 1. The van der Waals surface area contributed by atoms with Crippen LogP contribution in [0.1, 0.15) is 24.6 Å². The molecule has 1 aliphatic heterocycles. The van der Waals surface area contributed by atoms with E-state index in [1.54, 1.807) is 36.0 Å². The van der Waals surface area contributed by atoms with Gasteiger partial charge in [-0.05, 0) is 30.4 Å². The van der Waals surface area contributed by atoms with Crippen molar-refractivity contribution < 1.29 is 4.79 Å². The molecule has 0 aliphatic carbocycles. The lowest BCUT2D eigenvalue weighted by Gasteiger charge is -2.31. The summed E-state index contributed by atoms with van der Waals surface area (Å²) in [7, 11) is 0. The van der Waals surface area contributed by atoms with Crippen molar-refractivity contribution >= 4 is 23.3 Å². The number of aromatic amines is 1. The number of nitrogens with zero attached hydrogens (tertiary/aromatic N) is 5. The molecular formula is C17H18N6OS. The molecule has 25 heavy (non-hydrogen) atoms. The smallest absolute Gasteiger partial charge is 0.246 e. The van der Waals surface area contributed by atoms with Gasteiger partial charge in [-0.2, -0.15) is 11.3 Å². The first-order valence-electron chi connectivity index (χ1n) is 8.19. The summed E-state index contributed by atoms with van der Waals surface area (Å²) in [6.45, 7) is 1.45. The lowest BCUT2D eigenvalue weighted by molar-refractivity contribution is -0.127. The van der Waals surface area contributed by atoms with Crippen LogP contribution in [0.25, 0.3) is 17.3 Å².